The van der Waals surface area contributed by atoms with Gasteiger partial charge in [-0.3, -0.25) is 16.3 Å². The van der Waals surface area contributed by atoms with Gasteiger partial charge in [0.25, 0.3) is 0 Å². The van der Waals surface area contributed by atoms with Crippen LogP contribution in [-0.4, -0.2) is 10.9 Å². The maximum Gasteiger partial charge on any atom is 0.208 e. The van der Waals surface area contributed by atoms with E-state index < -0.39 is 5.12 Å². The first-order chi connectivity index (χ1) is 4.62. The van der Waals surface area contributed by atoms with Crippen LogP contribution in [0.1, 0.15) is 0 Å². The lowest BCUT2D eigenvalue weighted by Crippen LogP contribution is -2.53. The van der Waals surface area contributed by atoms with Crippen LogP contribution in [0.15, 0.2) is 11.6 Å². The molecule has 0 aromatic rings. The first kappa shape index (κ1) is 13.6. The predicted octanol–water partition coefficient (Wildman–Crippen LogP) is 0.160. The molecule has 0 fully saturated rings. The van der Waals surface area contributed by atoms with E-state index in [1.165, 1.54) is 11.8 Å². The van der Waals surface area contributed by atoms with E-state index in [1.807, 2.05) is 5.41 Å². The Hall–Kier alpha value is 0.0600. The lowest BCUT2D eigenvalue weighted by Gasteiger charge is -2.15. The minimum atomic E-state index is -0.750. The summed E-state index contributed by atoms with van der Waals surface area (Å²) in [6.07, 6.45) is 1.73. The highest BCUT2D eigenvalue weighted by atomic mass is 35.5. The van der Waals surface area contributed by atoms with Crippen molar-refractivity contribution in [1.82, 2.24) is 5.32 Å². The number of hydrogen-bond donors (Lipinski definition) is 3. The summed E-state index contributed by atoms with van der Waals surface area (Å²) in [5, 5.41) is 3.80. The average molecular weight is 218 g/mol. The molecule has 0 unspecified atom stereocenters. The Kier molecular flexibility index (Phi) is 8.37. The number of nitrogens with one attached hydrogen (secondary N) is 1. The molecule has 0 spiro atoms. The van der Waals surface area contributed by atoms with E-state index in [2.05, 4.69) is 16.9 Å². The van der Waals surface area contributed by atoms with E-state index in [1.54, 1.807) is 6.20 Å². The van der Waals surface area contributed by atoms with Gasteiger partial charge in [0.05, 0.1) is 0 Å². The van der Waals surface area contributed by atoms with Crippen molar-refractivity contribution in [2.24, 2.45) is 11.5 Å². The number of hydrogen-bond acceptors (Lipinski definition) is 5. The van der Waals surface area contributed by atoms with Crippen LogP contribution in [0.5, 0.6) is 0 Å². The molecule has 4 nitrogen and oxygen atoms in total. The minimum Gasteiger partial charge on any atom is -0.352 e. The van der Waals surface area contributed by atoms with Crippen molar-refractivity contribution in [3.63, 3.8) is 0 Å². The highest BCUT2D eigenvalue weighted by Crippen LogP contribution is 2.16. The number of rotatable bonds is 0. The molecule has 1 rings (SSSR count). The van der Waals surface area contributed by atoms with E-state index in [4.69, 9.17) is 16.3 Å². The Morgan fingerprint density at radius 3 is 2.18 bits per heavy atom. The largest absolute Gasteiger partial charge is 0.352 e. The van der Waals surface area contributed by atoms with Gasteiger partial charge in [-0.2, -0.15) is 0 Å². The van der Waals surface area contributed by atoms with Crippen molar-refractivity contribution in [2.75, 3.05) is 0 Å². The Morgan fingerprint density at radius 1 is 1.64 bits per heavy atom. The lowest BCUT2D eigenvalue weighted by atomic mass is 10.8. The van der Waals surface area contributed by atoms with Gasteiger partial charge in [0.2, 0.25) is 5.75 Å². The second-order valence-electron chi connectivity index (χ2n) is 1.45. The van der Waals surface area contributed by atoms with E-state index in [9.17, 15) is 0 Å². The zero-order valence-corrected chi connectivity index (χ0v) is 7.88. The van der Waals surface area contributed by atoms with Gasteiger partial charge in [0.15, 0.2) is 5.12 Å². The second kappa shape index (κ2) is 6.75. The normalized spacial score (nSPS) is 17.0. The molecule has 0 aromatic carbocycles. The molecule has 0 radical (unpaired) electrons. The summed E-state index contributed by atoms with van der Waals surface area (Å²) < 4.78 is 0. The standard InChI is InChI=1S/C3H7N3S.CHClO.ClH/c4-3(5)6-1-2-7-3;2-1-3;/h1-2,6H,4-5H2;1H;1H. The monoisotopic (exact) mass is 217 g/mol. The maximum absolute atomic E-state index is 8.57. The van der Waals surface area contributed by atoms with Crippen LogP contribution >= 0.6 is 35.8 Å². The first-order valence-corrected chi connectivity index (χ1v) is 3.66. The van der Waals surface area contributed by atoms with Crippen molar-refractivity contribution in [1.29, 1.82) is 0 Å². The topological polar surface area (TPSA) is 81.1 Å². The Morgan fingerprint density at radius 2 is 2.09 bits per heavy atom. The highest BCUT2D eigenvalue weighted by molar-refractivity contribution is 8.03. The van der Waals surface area contributed by atoms with Crippen LogP contribution in [-0.2, 0) is 4.79 Å². The van der Waals surface area contributed by atoms with E-state index >= 15 is 0 Å². The van der Waals surface area contributed by atoms with Gasteiger partial charge in [-0.15, -0.1) is 12.4 Å². The highest BCUT2D eigenvalue weighted by Gasteiger charge is 2.18. The molecule has 66 valence electrons. The fourth-order valence-electron chi connectivity index (χ4n) is 0.345. The van der Waals surface area contributed by atoms with Crippen molar-refractivity contribution in [3.05, 3.63) is 11.6 Å². The third kappa shape index (κ3) is 7.96. The number of carbonyl (C=O) groups excluding carboxylic acids is 1. The van der Waals surface area contributed by atoms with Crippen LogP contribution < -0.4 is 16.8 Å². The zero-order chi connectivity index (χ0) is 8.04. The third-order valence-electron chi connectivity index (χ3n) is 0.640. The summed E-state index contributed by atoms with van der Waals surface area (Å²) in [5.74, 6) is 0.222. The summed E-state index contributed by atoms with van der Waals surface area (Å²) in [4.78, 5) is 8.57. The van der Waals surface area contributed by atoms with Crippen molar-refractivity contribution >= 4 is 41.5 Å². The zero-order valence-electron chi connectivity index (χ0n) is 5.49. The molecular formula is C4H9Cl2N3OS. The van der Waals surface area contributed by atoms with Crippen molar-refractivity contribution < 1.29 is 4.79 Å². The lowest BCUT2D eigenvalue weighted by molar-refractivity contribution is 0.569. The Balaban J connectivity index is 0. The number of carbonyl (C=O) groups is 1. The smallest absolute Gasteiger partial charge is 0.208 e. The van der Waals surface area contributed by atoms with Gasteiger partial charge < -0.3 is 5.32 Å². The van der Waals surface area contributed by atoms with Gasteiger partial charge >= 0.3 is 0 Å². The van der Waals surface area contributed by atoms with Gasteiger partial charge in [-0.05, 0) is 17.0 Å². The molecule has 0 amide bonds. The van der Waals surface area contributed by atoms with E-state index in [0.717, 1.165) is 0 Å². The molecule has 1 aliphatic heterocycles. The molecule has 0 saturated heterocycles. The van der Waals surface area contributed by atoms with Crippen LogP contribution in [0.4, 0.5) is 0 Å². The molecule has 0 aliphatic carbocycles. The van der Waals surface area contributed by atoms with Crippen LogP contribution in [0, 0.1) is 0 Å². The molecule has 1 aliphatic rings. The number of nitrogens with two attached hydrogens (primary N) is 2. The third-order valence-corrected chi connectivity index (χ3v) is 1.42. The van der Waals surface area contributed by atoms with E-state index in [-0.39, 0.29) is 18.2 Å². The summed E-state index contributed by atoms with van der Waals surface area (Å²) in [5.41, 5.74) is 10.7. The molecule has 0 bridgehead atoms. The molecule has 0 aromatic heterocycles. The van der Waals surface area contributed by atoms with E-state index in [0.29, 0.717) is 0 Å². The van der Waals surface area contributed by atoms with Gasteiger partial charge in [0.1, 0.15) is 0 Å². The molecule has 1 heterocycles. The van der Waals surface area contributed by atoms with Gasteiger partial charge in [-0.1, -0.05) is 11.8 Å². The fraction of sp³-hybridized carbons (Fsp3) is 0.250. The van der Waals surface area contributed by atoms with Gasteiger partial charge in [0, 0.05) is 6.20 Å². The number of thioether (sulfide) groups is 1. The molecule has 5 N–H and O–H groups in total. The van der Waals surface area contributed by atoms with Crippen LogP contribution in [0.2, 0.25) is 0 Å². The molecule has 11 heavy (non-hydrogen) atoms. The molecule has 0 atom stereocenters. The Labute approximate surface area is 80.1 Å². The predicted molar refractivity (Wildman–Crippen MR) is 50.8 cm³/mol. The van der Waals surface area contributed by atoms with Crippen molar-refractivity contribution in [2.45, 2.75) is 5.12 Å². The summed E-state index contributed by atoms with van der Waals surface area (Å²) in [6, 6.07) is 0. The first-order valence-electron chi connectivity index (χ1n) is 2.34. The molecule has 7 heteroatoms. The Bertz CT molecular complexity index is 131. The fourth-order valence-corrected chi connectivity index (χ4v) is 0.842. The number of halogens is 2. The van der Waals surface area contributed by atoms with Crippen LogP contribution in [0.3, 0.4) is 0 Å². The minimum absolute atomic E-state index is 0. The quantitative estimate of drug-likeness (QED) is 0.306. The molecular weight excluding hydrogens is 209 g/mol. The van der Waals surface area contributed by atoms with Crippen LogP contribution in [0.25, 0.3) is 0 Å². The SMILES string of the molecule is Cl.NC1(N)NC=CS1.O=CCl. The summed E-state index contributed by atoms with van der Waals surface area (Å²) in [6.45, 7) is 0. The average Bonchev–Trinajstić information content (AvgIpc) is 2.16. The maximum atomic E-state index is 8.57. The summed E-state index contributed by atoms with van der Waals surface area (Å²) >= 11 is 5.68. The van der Waals surface area contributed by atoms with Gasteiger partial charge in [-0.25, -0.2) is 0 Å². The van der Waals surface area contributed by atoms with Crippen molar-refractivity contribution in [3.8, 4) is 0 Å². The second-order valence-corrected chi connectivity index (χ2v) is 2.81. The summed E-state index contributed by atoms with van der Waals surface area (Å²) in [7, 11) is 0. The molecule has 0 saturated carbocycles.